The molecule has 3 rings (SSSR count). The van der Waals surface area contributed by atoms with E-state index in [0.717, 1.165) is 16.9 Å². The van der Waals surface area contributed by atoms with E-state index < -0.39 is 0 Å². The lowest BCUT2D eigenvalue weighted by Crippen LogP contribution is -2.38. The number of aliphatic hydroxyl groups excluding tert-OH is 1. The number of hydrogen-bond donors (Lipinski definition) is 2. The van der Waals surface area contributed by atoms with E-state index >= 15 is 0 Å². The zero-order valence-corrected chi connectivity index (χ0v) is 11.1. The molecule has 1 aromatic heterocycles. The molecule has 3 nitrogen and oxygen atoms in total. The average molecular weight is 262 g/mol. The van der Waals surface area contributed by atoms with Crippen LogP contribution in [0, 0.1) is 11.3 Å². The Balaban J connectivity index is 1.90. The second-order valence-corrected chi connectivity index (χ2v) is 6.37. The van der Waals surface area contributed by atoms with Gasteiger partial charge in [-0.15, -0.1) is 11.3 Å². The number of rotatable bonds is 5. The maximum atomic E-state index is 9.72. The van der Waals surface area contributed by atoms with Gasteiger partial charge in [0.25, 0.3) is 0 Å². The molecule has 1 saturated carbocycles. The minimum atomic E-state index is -0.145. The first-order valence-corrected chi connectivity index (χ1v) is 7.24. The number of para-hydroxylation sites is 1. The van der Waals surface area contributed by atoms with Crippen molar-refractivity contribution in [1.29, 1.82) is 0 Å². The van der Waals surface area contributed by atoms with E-state index in [0.29, 0.717) is 12.5 Å². The van der Waals surface area contributed by atoms with Crippen LogP contribution in [0.25, 0.3) is 10.2 Å². The smallest absolute Gasteiger partial charge is 0.0945 e. The Kier molecular flexibility index (Phi) is 3.09. The summed E-state index contributed by atoms with van der Waals surface area (Å²) in [6, 6.07) is 8.18. The van der Waals surface area contributed by atoms with Crippen LogP contribution in [0.15, 0.2) is 24.3 Å². The van der Waals surface area contributed by atoms with Gasteiger partial charge in [-0.05, 0) is 30.9 Å². The number of thiazole rings is 1. The first-order valence-electron chi connectivity index (χ1n) is 6.43. The van der Waals surface area contributed by atoms with Crippen molar-refractivity contribution in [2.45, 2.75) is 19.3 Å². The monoisotopic (exact) mass is 262 g/mol. The largest absolute Gasteiger partial charge is 0.396 e. The van der Waals surface area contributed by atoms with E-state index in [4.69, 9.17) is 5.73 Å². The van der Waals surface area contributed by atoms with Gasteiger partial charge in [-0.25, -0.2) is 4.98 Å². The van der Waals surface area contributed by atoms with E-state index in [2.05, 4.69) is 11.1 Å². The highest BCUT2D eigenvalue weighted by atomic mass is 32.1. The van der Waals surface area contributed by atoms with Gasteiger partial charge in [-0.1, -0.05) is 12.1 Å². The van der Waals surface area contributed by atoms with Crippen molar-refractivity contribution in [3.8, 4) is 0 Å². The summed E-state index contributed by atoms with van der Waals surface area (Å²) in [5.41, 5.74) is 6.83. The van der Waals surface area contributed by atoms with Gasteiger partial charge in [0, 0.05) is 18.4 Å². The van der Waals surface area contributed by atoms with Crippen LogP contribution in [-0.2, 0) is 6.42 Å². The maximum absolute atomic E-state index is 9.72. The second kappa shape index (κ2) is 4.61. The standard InChI is InChI=1S/C14H18N2OS/c15-8-14(9-17,10-5-6-10)7-13-16-11-3-1-2-4-12(11)18-13/h1-4,10,17H,5-9,15H2. The highest BCUT2D eigenvalue weighted by Crippen LogP contribution is 2.47. The van der Waals surface area contributed by atoms with Crippen LogP contribution in [0.2, 0.25) is 0 Å². The minimum absolute atomic E-state index is 0.145. The molecule has 1 fully saturated rings. The second-order valence-electron chi connectivity index (χ2n) is 5.25. The summed E-state index contributed by atoms with van der Waals surface area (Å²) >= 11 is 1.72. The highest BCUT2D eigenvalue weighted by Gasteiger charge is 2.44. The molecule has 0 saturated heterocycles. The van der Waals surface area contributed by atoms with Crippen LogP contribution in [0.4, 0.5) is 0 Å². The van der Waals surface area contributed by atoms with E-state index in [9.17, 15) is 5.11 Å². The van der Waals surface area contributed by atoms with Crippen LogP contribution in [0.1, 0.15) is 17.8 Å². The predicted octanol–water partition coefficient (Wildman–Crippen LogP) is 2.19. The Labute approximate surface area is 111 Å². The molecule has 4 heteroatoms. The van der Waals surface area contributed by atoms with Gasteiger partial charge in [0.1, 0.15) is 0 Å². The quantitative estimate of drug-likeness (QED) is 0.868. The summed E-state index contributed by atoms with van der Waals surface area (Å²) in [5.74, 6) is 0.583. The Hall–Kier alpha value is -0.970. The van der Waals surface area contributed by atoms with E-state index in [1.54, 1.807) is 11.3 Å². The molecule has 0 spiro atoms. The number of benzene rings is 1. The third-order valence-electron chi connectivity index (χ3n) is 4.01. The molecule has 96 valence electrons. The van der Waals surface area contributed by atoms with Gasteiger partial charge < -0.3 is 10.8 Å². The Morgan fingerprint density at radius 3 is 2.78 bits per heavy atom. The third kappa shape index (κ3) is 2.05. The van der Waals surface area contributed by atoms with Gasteiger partial charge in [-0.3, -0.25) is 0 Å². The molecule has 1 aromatic carbocycles. The normalized spacial score (nSPS) is 19.0. The fourth-order valence-electron chi connectivity index (χ4n) is 2.63. The van der Waals surface area contributed by atoms with Crippen molar-refractivity contribution in [3.63, 3.8) is 0 Å². The number of fused-ring (bicyclic) bond motifs is 1. The summed E-state index contributed by atoms with van der Waals surface area (Å²) in [5, 5.41) is 10.8. The predicted molar refractivity (Wildman–Crippen MR) is 74.6 cm³/mol. The molecule has 0 amide bonds. The van der Waals surface area contributed by atoms with Crippen molar-refractivity contribution in [3.05, 3.63) is 29.3 Å². The molecule has 0 radical (unpaired) electrons. The number of aliphatic hydroxyl groups is 1. The lowest BCUT2D eigenvalue weighted by molar-refractivity contribution is 0.109. The van der Waals surface area contributed by atoms with Crippen molar-refractivity contribution in [1.82, 2.24) is 4.98 Å². The van der Waals surface area contributed by atoms with Crippen molar-refractivity contribution in [2.24, 2.45) is 17.1 Å². The Morgan fingerprint density at radius 2 is 2.17 bits per heavy atom. The van der Waals surface area contributed by atoms with Crippen molar-refractivity contribution in [2.75, 3.05) is 13.2 Å². The molecular weight excluding hydrogens is 244 g/mol. The first kappa shape index (κ1) is 12.1. The van der Waals surface area contributed by atoms with Gasteiger partial charge in [0.05, 0.1) is 21.8 Å². The molecule has 1 heterocycles. The molecule has 18 heavy (non-hydrogen) atoms. The fraction of sp³-hybridized carbons (Fsp3) is 0.500. The molecule has 1 aliphatic carbocycles. The maximum Gasteiger partial charge on any atom is 0.0945 e. The van der Waals surface area contributed by atoms with Crippen LogP contribution >= 0.6 is 11.3 Å². The van der Waals surface area contributed by atoms with Gasteiger partial charge in [-0.2, -0.15) is 0 Å². The van der Waals surface area contributed by atoms with E-state index in [1.165, 1.54) is 17.5 Å². The van der Waals surface area contributed by atoms with Gasteiger partial charge in [0.15, 0.2) is 0 Å². The van der Waals surface area contributed by atoms with Crippen LogP contribution in [0.3, 0.4) is 0 Å². The number of nitrogens with two attached hydrogens (primary N) is 1. The average Bonchev–Trinajstić information content (AvgIpc) is 3.17. The Morgan fingerprint density at radius 1 is 1.39 bits per heavy atom. The molecule has 1 atom stereocenters. The number of nitrogens with zero attached hydrogens (tertiary/aromatic N) is 1. The summed E-state index contributed by atoms with van der Waals surface area (Å²) in [6.07, 6.45) is 3.20. The molecule has 1 aliphatic rings. The Bertz CT molecular complexity index is 510. The molecular formula is C14H18N2OS. The lowest BCUT2D eigenvalue weighted by Gasteiger charge is -2.29. The topological polar surface area (TPSA) is 59.1 Å². The lowest BCUT2D eigenvalue weighted by atomic mass is 9.80. The van der Waals surface area contributed by atoms with Gasteiger partial charge >= 0.3 is 0 Å². The third-order valence-corrected chi connectivity index (χ3v) is 5.04. The summed E-state index contributed by atoms with van der Waals surface area (Å²) in [6.45, 7) is 0.716. The minimum Gasteiger partial charge on any atom is -0.396 e. The van der Waals surface area contributed by atoms with Crippen LogP contribution in [0.5, 0.6) is 0 Å². The summed E-state index contributed by atoms with van der Waals surface area (Å²) < 4.78 is 1.21. The molecule has 0 bridgehead atoms. The zero-order chi connectivity index (χ0) is 12.6. The molecule has 0 aliphatic heterocycles. The molecule has 3 N–H and O–H groups in total. The van der Waals surface area contributed by atoms with Crippen molar-refractivity contribution >= 4 is 21.6 Å². The first-order chi connectivity index (χ1) is 8.77. The zero-order valence-electron chi connectivity index (χ0n) is 10.3. The summed E-state index contributed by atoms with van der Waals surface area (Å²) in [4.78, 5) is 4.66. The van der Waals surface area contributed by atoms with Crippen LogP contribution in [-0.4, -0.2) is 23.2 Å². The summed E-state index contributed by atoms with van der Waals surface area (Å²) in [7, 11) is 0. The fourth-order valence-corrected chi connectivity index (χ4v) is 3.75. The van der Waals surface area contributed by atoms with Gasteiger partial charge in [0.2, 0.25) is 0 Å². The van der Waals surface area contributed by atoms with E-state index in [-0.39, 0.29) is 12.0 Å². The molecule has 2 aromatic rings. The highest BCUT2D eigenvalue weighted by molar-refractivity contribution is 7.18. The SMILES string of the molecule is NCC(CO)(Cc1nc2ccccc2s1)C1CC1. The number of hydrogen-bond acceptors (Lipinski definition) is 4. The van der Waals surface area contributed by atoms with Crippen molar-refractivity contribution < 1.29 is 5.11 Å². The van der Waals surface area contributed by atoms with Crippen LogP contribution < -0.4 is 5.73 Å². The molecule has 1 unspecified atom stereocenters. The number of aromatic nitrogens is 1. The van der Waals surface area contributed by atoms with E-state index in [1.807, 2.05) is 18.2 Å².